The van der Waals surface area contributed by atoms with Gasteiger partial charge in [0.2, 0.25) is 0 Å². The zero-order chi connectivity index (χ0) is 12.6. The van der Waals surface area contributed by atoms with E-state index in [2.05, 4.69) is 43.4 Å². The highest BCUT2D eigenvalue weighted by Gasteiger charge is 2.47. The molecule has 0 heterocycles. The highest BCUT2D eigenvalue weighted by Crippen LogP contribution is 2.52. The van der Waals surface area contributed by atoms with Crippen molar-refractivity contribution in [3.05, 3.63) is 35.4 Å². The van der Waals surface area contributed by atoms with E-state index in [1.54, 1.807) is 11.1 Å². The molecule has 0 bridgehead atoms. The molecule has 3 rings (SSSR count). The molecule has 1 N–H and O–H groups in total. The van der Waals surface area contributed by atoms with Gasteiger partial charge in [-0.3, -0.25) is 0 Å². The number of hydrogen-bond acceptors (Lipinski definition) is 1. The molecule has 1 unspecified atom stereocenters. The molecule has 1 heteroatoms. The number of rotatable bonds is 4. The Morgan fingerprint density at radius 2 is 2.06 bits per heavy atom. The van der Waals surface area contributed by atoms with Crippen LogP contribution in [0.3, 0.4) is 0 Å². The van der Waals surface area contributed by atoms with Gasteiger partial charge in [0.15, 0.2) is 0 Å². The number of aryl methyl sites for hydroxylation is 1. The highest BCUT2D eigenvalue weighted by atomic mass is 14.9. The van der Waals surface area contributed by atoms with Crippen LogP contribution in [0.2, 0.25) is 0 Å². The molecule has 2 aliphatic carbocycles. The van der Waals surface area contributed by atoms with Crippen molar-refractivity contribution in [3.63, 3.8) is 0 Å². The Kier molecular flexibility index (Phi) is 3.19. The van der Waals surface area contributed by atoms with Crippen molar-refractivity contribution < 1.29 is 0 Å². The third-order valence-corrected chi connectivity index (χ3v) is 4.81. The van der Waals surface area contributed by atoms with Gasteiger partial charge in [0.1, 0.15) is 0 Å². The third kappa shape index (κ3) is 2.09. The molecular weight excluding hydrogens is 218 g/mol. The van der Waals surface area contributed by atoms with E-state index in [0.717, 1.165) is 5.92 Å². The lowest BCUT2D eigenvalue weighted by molar-refractivity contribution is 0.289. The summed E-state index contributed by atoms with van der Waals surface area (Å²) in [6, 6.07) is 9.78. The summed E-state index contributed by atoms with van der Waals surface area (Å²) in [7, 11) is 0. The fourth-order valence-electron chi connectivity index (χ4n) is 3.73. The normalized spacial score (nSPS) is 27.3. The minimum absolute atomic E-state index is 0.444. The van der Waals surface area contributed by atoms with Crippen LogP contribution in [0.25, 0.3) is 0 Å². The summed E-state index contributed by atoms with van der Waals surface area (Å²) in [6.45, 7) is 5.69. The molecule has 1 aromatic carbocycles. The number of fused-ring (bicyclic) bond motifs is 1. The average Bonchev–Trinajstić information content (AvgIpc) is 3.21. The molecule has 2 aliphatic rings. The first-order valence-electron chi connectivity index (χ1n) is 7.54. The SMILES string of the molecule is CC(C)NCC1(C2CC2)CCCc2ccccc21. The maximum Gasteiger partial charge on any atom is 0.0109 e. The van der Waals surface area contributed by atoms with Crippen LogP contribution in [0, 0.1) is 5.92 Å². The Balaban J connectivity index is 1.94. The molecule has 0 spiro atoms. The summed E-state index contributed by atoms with van der Waals surface area (Å²) in [6.07, 6.45) is 6.91. The van der Waals surface area contributed by atoms with Gasteiger partial charge in [0.25, 0.3) is 0 Å². The molecule has 0 radical (unpaired) electrons. The van der Waals surface area contributed by atoms with Gasteiger partial charge >= 0.3 is 0 Å². The predicted molar refractivity (Wildman–Crippen MR) is 76.9 cm³/mol. The molecular formula is C17H25N. The van der Waals surface area contributed by atoms with Gasteiger partial charge in [-0.25, -0.2) is 0 Å². The summed E-state index contributed by atoms with van der Waals surface area (Å²) in [5.41, 5.74) is 3.71. The molecule has 98 valence electrons. The molecule has 0 aromatic heterocycles. The minimum atomic E-state index is 0.444. The van der Waals surface area contributed by atoms with Crippen LogP contribution in [0.1, 0.15) is 50.7 Å². The molecule has 1 fully saturated rings. The second-order valence-corrected chi connectivity index (χ2v) is 6.48. The van der Waals surface area contributed by atoms with E-state index in [1.807, 2.05) is 0 Å². The standard InChI is InChI=1S/C17H25N/c1-13(2)18-12-17(15-9-10-15)11-5-7-14-6-3-4-8-16(14)17/h3-4,6,8,13,15,18H,5,7,9-12H2,1-2H3. The Hall–Kier alpha value is -0.820. The molecule has 0 amide bonds. The van der Waals surface area contributed by atoms with Crippen LogP contribution in [0.5, 0.6) is 0 Å². The summed E-state index contributed by atoms with van der Waals surface area (Å²) in [5.74, 6) is 0.935. The van der Waals surface area contributed by atoms with Crippen molar-refractivity contribution in [2.45, 2.75) is 57.4 Å². The van der Waals surface area contributed by atoms with Gasteiger partial charge in [-0.1, -0.05) is 38.1 Å². The molecule has 18 heavy (non-hydrogen) atoms. The van der Waals surface area contributed by atoms with Crippen molar-refractivity contribution in [3.8, 4) is 0 Å². The third-order valence-electron chi connectivity index (χ3n) is 4.81. The van der Waals surface area contributed by atoms with Gasteiger partial charge in [-0.15, -0.1) is 0 Å². The Bertz CT molecular complexity index is 419. The largest absolute Gasteiger partial charge is 0.314 e. The molecule has 1 nitrogen and oxygen atoms in total. The molecule has 1 aromatic rings. The summed E-state index contributed by atoms with van der Waals surface area (Å²) in [5, 5.41) is 3.72. The first kappa shape index (κ1) is 12.2. The average molecular weight is 243 g/mol. The Labute approximate surface area is 111 Å². The molecule has 1 saturated carbocycles. The van der Waals surface area contributed by atoms with Gasteiger partial charge in [0.05, 0.1) is 0 Å². The lowest BCUT2D eigenvalue weighted by atomic mass is 9.66. The second-order valence-electron chi connectivity index (χ2n) is 6.48. The molecule has 0 aliphatic heterocycles. The maximum atomic E-state index is 3.72. The summed E-state index contributed by atoms with van der Waals surface area (Å²) in [4.78, 5) is 0. The fraction of sp³-hybridized carbons (Fsp3) is 0.647. The van der Waals surface area contributed by atoms with E-state index in [-0.39, 0.29) is 0 Å². The monoisotopic (exact) mass is 243 g/mol. The van der Waals surface area contributed by atoms with Gasteiger partial charge in [-0.2, -0.15) is 0 Å². The Morgan fingerprint density at radius 3 is 2.78 bits per heavy atom. The second kappa shape index (κ2) is 4.70. The van der Waals surface area contributed by atoms with E-state index in [0.29, 0.717) is 11.5 Å². The molecule has 0 saturated heterocycles. The maximum absolute atomic E-state index is 3.72. The van der Waals surface area contributed by atoms with Crippen LogP contribution in [-0.4, -0.2) is 12.6 Å². The lowest BCUT2D eigenvalue weighted by Crippen LogP contribution is -2.44. The topological polar surface area (TPSA) is 12.0 Å². The summed E-state index contributed by atoms with van der Waals surface area (Å²) < 4.78 is 0. The van der Waals surface area contributed by atoms with Crippen molar-refractivity contribution in [1.82, 2.24) is 5.32 Å². The van der Waals surface area contributed by atoms with Crippen molar-refractivity contribution in [1.29, 1.82) is 0 Å². The van der Waals surface area contributed by atoms with Crippen LogP contribution in [0.15, 0.2) is 24.3 Å². The van der Waals surface area contributed by atoms with Gasteiger partial charge in [-0.05, 0) is 49.1 Å². The van der Waals surface area contributed by atoms with E-state index >= 15 is 0 Å². The Morgan fingerprint density at radius 1 is 1.28 bits per heavy atom. The van der Waals surface area contributed by atoms with E-state index in [1.165, 1.54) is 38.6 Å². The van der Waals surface area contributed by atoms with Crippen molar-refractivity contribution in [2.75, 3.05) is 6.54 Å². The fourth-order valence-corrected chi connectivity index (χ4v) is 3.73. The quantitative estimate of drug-likeness (QED) is 0.851. The minimum Gasteiger partial charge on any atom is -0.314 e. The van der Waals surface area contributed by atoms with Crippen LogP contribution < -0.4 is 5.32 Å². The first-order chi connectivity index (χ1) is 8.72. The van der Waals surface area contributed by atoms with Gasteiger partial charge < -0.3 is 5.32 Å². The zero-order valence-corrected chi connectivity index (χ0v) is 11.7. The van der Waals surface area contributed by atoms with Crippen molar-refractivity contribution in [2.24, 2.45) is 5.92 Å². The lowest BCUT2D eigenvalue weighted by Gasteiger charge is -2.40. The number of benzene rings is 1. The zero-order valence-electron chi connectivity index (χ0n) is 11.7. The van der Waals surface area contributed by atoms with E-state index in [4.69, 9.17) is 0 Å². The summed E-state index contributed by atoms with van der Waals surface area (Å²) >= 11 is 0. The van der Waals surface area contributed by atoms with Gasteiger partial charge in [0, 0.05) is 18.0 Å². The first-order valence-corrected chi connectivity index (χ1v) is 7.54. The van der Waals surface area contributed by atoms with Crippen LogP contribution in [-0.2, 0) is 11.8 Å². The van der Waals surface area contributed by atoms with E-state index in [9.17, 15) is 0 Å². The smallest absolute Gasteiger partial charge is 0.0109 e. The van der Waals surface area contributed by atoms with Crippen LogP contribution in [0.4, 0.5) is 0 Å². The predicted octanol–water partition coefficient (Wildman–Crippen LogP) is 3.67. The molecule has 1 atom stereocenters. The number of nitrogens with one attached hydrogen (secondary N) is 1. The number of hydrogen-bond donors (Lipinski definition) is 1. The highest BCUT2D eigenvalue weighted by molar-refractivity contribution is 5.39. The van der Waals surface area contributed by atoms with Crippen LogP contribution >= 0.6 is 0 Å². The van der Waals surface area contributed by atoms with E-state index < -0.39 is 0 Å². The van der Waals surface area contributed by atoms with Crippen molar-refractivity contribution >= 4 is 0 Å².